The second kappa shape index (κ2) is 7.59. The topological polar surface area (TPSA) is 88.1 Å². The van der Waals surface area contributed by atoms with Crippen molar-refractivity contribution in [3.8, 4) is 5.75 Å². The maximum absolute atomic E-state index is 12.4. The first-order valence-electron chi connectivity index (χ1n) is 6.12. The number of amidine groups is 1. The molecule has 20 heavy (non-hydrogen) atoms. The first-order chi connectivity index (χ1) is 9.53. The third-order valence-corrected chi connectivity index (χ3v) is 3.06. The van der Waals surface area contributed by atoms with Crippen LogP contribution in [0.15, 0.2) is 23.4 Å². The number of hydrogen-bond acceptors (Lipinski definition) is 4. The molecule has 3 N–H and O–H groups in total. The molecule has 7 heteroatoms. The molecule has 0 aromatic heterocycles. The molecule has 0 heterocycles. The molecule has 0 aliphatic heterocycles. The number of carbonyl (C=O) groups excluding carboxylic acids is 1. The number of amides is 1. The number of benzene rings is 1. The summed E-state index contributed by atoms with van der Waals surface area (Å²) in [5.74, 6) is 0.316. The van der Waals surface area contributed by atoms with Crippen LogP contribution in [0.3, 0.4) is 0 Å². The number of rotatable bonds is 6. The second-order valence-corrected chi connectivity index (χ2v) is 4.51. The number of nitrogens with zero attached hydrogens (tertiary/aromatic N) is 2. The van der Waals surface area contributed by atoms with Crippen LogP contribution >= 0.6 is 11.6 Å². The van der Waals surface area contributed by atoms with Crippen LogP contribution in [0.5, 0.6) is 5.75 Å². The van der Waals surface area contributed by atoms with Crippen molar-refractivity contribution in [1.29, 1.82) is 0 Å². The Morgan fingerprint density at radius 3 is 2.80 bits per heavy atom. The van der Waals surface area contributed by atoms with Gasteiger partial charge in [-0.1, -0.05) is 16.8 Å². The maximum Gasteiger partial charge on any atom is 0.257 e. The summed E-state index contributed by atoms with van der Waals surface area (Å²) in [7, 11) is 1.48. The van der Waals surface area contributed by atoms with Crippen LogP contribution in [0, 0.1) is 0 Å². The van der Waals surface area contributed by atoms with Gasteiger partial charge in [-0.2, -0.15) is 0 Å². The molecule has 0 saturated heterocycles. The Bertz CT molecular complexity index is 506. The molecule has 0 saturated carbocycles. The van der Waals surface area contributed by atoms with E-state index in [1.807, 2.05) is 6.92 Å². The van der Waals surface area contributed by atoms with E-state index in [1.165, 1.54) is 7.11 Å². The van der Waals surface area contributed by atoms with E-state index in [0.717, 1.165) is 0 Å². The van der Waals surface area contributed by atoms with E-state index in [4.69, 9.17) is 27.3 Å². The summed E-state index contributed by atoms with van der Waals surface area (Å²) in [5.41, 5.74) is 5.84. The van der Waals surface area contributed by atoms with Crippen molar-refractivity contribution in [3.05, 3.63) is 28.8 Å². The normalized spacial score (nSPS) is 11.2. The van der Waals surface area contributed by atoms with Crippen LogP contribution in [0.4, 0.5) is 0 Å². The van der Waals surface area contributed by atoms with Crippen LogP contribution in [0.25, 0.3) is 0 Å². The van der Waals surface area contributed by atoms with Gasteiger partial charge < -0.3 is 20.6 Å². The fraction of sp³-hybridized carbons (Fsp3) is 0.385. The molecule has 0 bridgehead atoms. The SMILES string of the molecule is CCN(CCC(N)=NO)C(=O)c1ccc(Cl)cc1OC. The van der Waals surface area contributed by atoms with E-state index >= 15 is 0 Å². The maximum atomic E-state index is 12.4. The van der Waals surface area contributed by atoms with Crippen LogP contribution in [-0.2, 0) is 0 Å². The summed E-state index contributed by atoms with van der Waals surface area (Å²) in [6.07, 6.45) is 0.298. The van der Waals surface area contributed by atoms with Crippen LogP contribution in [0.1, 0.15) is 23.7 Å². The number of hydrogen-bond donors (Lipinski definition) is 2. The van der Waals surface area contributed by atoms with E-state index in [1.54, 1.807) is 23.1 Å². The fourth-order valence-corrected chi connectivity index (χ4v) is 1.88. The predicted octanol–water partition coefficient (Wildman–Crippen LogP) is 1.95. The van der Waals surface area contributed by atoms with Crippen LogP contribution < -0.4 is 10.5 Å². The first-order valence-corrected chi connectivity index (χ1v) is 6.50. The van der Waals surface area contributed by atoms with Gasteiger partial charge in [-0.15, -0.1) is 0 Å². The van der Waals surface area contributed by atoms with Gasteiger partial charge in [0, 0.05) is 24.5 Å². The Labute approximate surface area is 122 Å². The highest BCUT2D eigenvalue weighted by atomic mass is 35.5. The van der Waals surface area contributed by atoms with Gasteiger partial charge >= 0.3 is 0 Å². The Morgan fingerprint density at radius 2 is 2.25 bits per heavy atom. The molecule has 0 unspecified atom stereocenters. The Kier molecular flexibility index (Phi) is 6.11. The molecule has 1 amide bonds. The van der Waals surface area contributed by atoms with Crippen molar-refractivity contribution in [3.63, 3.8) is 0 Å². The van der Waals surface area contributed by atoms with Gasteiger partial charge in [0.2, 0.25) is 0 Å². The quantitative estimate of drug-likeness (QED) is 0.364. The number of carbonyl (C=O) groups is 1. The average Bonchev–Trinajstić information content (AvgIpc) is 2.46. The molecule has 1 aromatic carbocycles. The third-order valence-electron chi connectivity index (χ3n) is 2.83. The van der Waals surface area contributed by atoms with Crippen molar-refractivity contribution in [2.24, 2.45) is 10.9 Å². The van der Waals surface area contributed by atoms with E-state index in [0.29, 0.717) is 35.8 Å². The Hall–Kier alpha value is -1.95. The molecule has 0 spiro atoms. The first kappa shape index (κ1) is 16.1. The zero-order valence-electron chi connectivity index (χ0n) is 11.5. The Morgan fingerprint density at radius 1 is 1.55 bits per heavy atom. The molecule has 6 nitrogen and oxygen atoms in total. The number of nitrogens with two attached hydrogens (primary N) is 1. The highest BCUT2D eigenvalue weighted by Crippen LogP contribution is 2.24. The van der Waals surface area contributed by atoms with E-state index in [9.17, 15) is 4.79 Å². The number of methoxy groups -OCH3 is 1. The second-order valence-electron chi connectivity index (χ2n) is 4.07. The molecular formula is C13H18ClN3O3. The van der Waals surface area contributed by atoms with Gasteiger partial charge in [-0.05, 0) is 25.1 Å². The average molecular weight is 300 g/mol. The number of ether oxygens (including phenoxy) is 1. The molecule has 1 aromatic rings. The number of oxime groups is 1. The lowest BCUT2D eigenvalue weighted by Gasteiger charge is -2.21. The van der Waals surface area contributed by atoms with Crippen molar-refractivity contribution in [2.75, 3.05) is 20.2 Å². The van der Waals surface area contributed by atoms with Gasteiger partial charge in [0.05, 0.1) is 12.7 Å². The van der Waals surface area contributed by atoms with E-state index < -0.39 is 0 Å². The summed E-state index contributed by atoms with van der Waals surface area (Å²) in [4.78, 5) is 14.0. The molecule has 110 valence electrons. The molecule has 1 rings (SSSR count). The van der Waals surface area contributed by atoms with Crippen LogP contribution in [0.2, 0.25) is 5.02 Å². The number of halogens is 1. The summed E-state index contributed by atoms with van der Waals surface area (Å²) < 4.78 is 5.17. The van der Waals surface area contributed by atoms with Gasteiger partial charge in [0.1, 0.15) is 11.6 Å². The van der Waals surface area contributed by atoms with Crippen molar-refractivity contribution < 1.29 is 14.7 Å². The zero-order valence-corrected chi connectivity index (χ0v) is 12.2. The highest BCUT2D eigenvalue weighted by molar-refractivity contribution is 6.30. The molecule has 0 fully saturated rings. The summed E-state index contributed by atoms with van der Waals surface area (Å²) in [6.45, 7) is 2.72. The van der Waals surface area contributed by atoms with Crippen LogP contribution in [-0.4, -0.2) is 42.0 Å². The van der Waals surface area contributed by atoms with E-state index in [-0.39, 0.29) is 11.7 Å². The van der Waals surface area contributed by atoms with Gasteiger partial charge in [0.25, 0.3) is 5.91 Å². The molecule has 0 atom stereocenters. The van der Waals surface area contributed by atoms with Gasteiger partial charge in [-0.25, -0.2) is 0 Å². The molecular weight excluding hydrogens is 282 g/mol. The lowest BCUT2D eigenvalue weighted by atomic mass is 10.1. The minimum absolute atomic E-state index is 0.0827. The smallest absolute Gasteiger partial charge is 0.257 e. The molecule has 0 radical (unpaired) electrons. The van der Waals surface area contributed by atoms with Crippen molar-refractivity contribution in [1.82, 2.24) is 4.90 Å². The third kappa shape index (κ3) is 4.03. The Balaban J connectivity index is 2.91. The van der Waals surface area contributed by atoms with E-state index in [2.05, 4.69) is 5.16 Å². The largest absolute Gasteiger partial charge is 0.496 e. The monoisotopic (exact) mass is 299 g/mol. The molecule has 0 aliphatic carbocycles. The fourth-order valence-electron chi connectivity index (χ4n) is 1.71. The summed E-state index contributed by atoms with van der Waals surface area (Å²) in [5, 5.41) is 11.9. The summed E-state index contributed by atoms with van der Waals surface area (Å²) >= 11 is 5.87. The zero-order chi connectivity index (χ0) is 15.1. The summed E-state index contributed by atoms with van der Waals surface area (Å²) in [6, 6.07) is 4.84. The minimum atomic E-state index is -0.188. The lowest BCUT2D eigenvalue weighted by Crippen LogP contribution is -2.34. The van der Waals surface area contributed by atoms with Gasteiger partial charge in [-0.3, -0.25) is 4.79 Å². The lowest BCUT2D eigenvalue weighted by molar-refractivity contribution is 0.0765. The minimum Gasteiger partial charge on any atom is -0.496 e. The predicted molar refractivity (Wildman–Crippen MR) is 77.6 cm³/mol. The standard InChI is InChI=1S/C13H18ClN3O3/c1-3-17(7-6-12(15)16-19)13(18)10-5-4-9(14)8-11(10)20-2/h4-5,8,19H,3,6-7H2,1-2H3,(H2,15,16). The highest BCUT2D eigenvalue weighted by Gasteiger charge is 2.18. The van der Waals surface area contributed by atoms with Crippen molar-refractivity contribution in [2.45, 2.75) is 13.3 Å². The van der Waals surface area contributed by atoms with Gasteiger partial charge in [0.15, 0.2) is 0 Å². The molecule has 0 aliphatic rings. The van der Waals surface area contributed by atoms with Crippen molar-refractivity contribution >= 4 is 23.3 Å².